The fraction of sp³-hybridized carbons (Fsp3) is 0.867. The summed E-state index contributed by atoms with van der Waals surface area (Å²) in [6.45, 7) is 8.73. The number of carbonyl (C=O) groups excluding carboxylic acids is 2. The Morgan fingerprint density at radius 2 is 1.82 bits per heavy atom. The summed E-state index contributed by atoms with van der Waals surface area (Å²) < 4.78 is 15.6. The first kappa shape index (κ1) is 21.2. The summed E-state index contributed by atoms with van der Waals surface area (Å²) in [6.07, 6.45) is 0.738. The highest BCUT2D eigenvalue weighted by atomic mass is 32.2. The van der Waals surface area contributed by atoms with Gasteiger partial charge in [0.25, 0.3) is 0 Å². The van der Waals surface area contributed by atoms with Crippen molar-refractivity contribution in [1.82, 2.24) is 0 Å². The van der Waals surface area contributed by atoms with Gasteiger partial charge in [-0.1, -0.05) is 13.8 Å². The maximum Gasteiger partial charge on any atom is 0.311 e. The molecule has 0 rings (SSSR count). The predicted molar refractivity (Wildman–Crippen MR) is 87.5 cm³/mol. The van der Waals surface area contributed by atoms with Gasteiger partial charge in [-0.3, -0.25) is 9.59 Å². The van der Waals surface area contributed by atoms with Crippen LogP contribution >= 0.6 is 11.8 Å². The van der Waals surface area contributed by atoms with E-state index in [1.54, 1.807) is 18.7 Å². The highest BCUT2D eigenvalue weighted by Gasteiger charge is 2.26. The van der Waals surface area contributed by atoms with Gasteiger partial charge in [0.05, 0.1) is 18.6 Å². The number of hydrogen-bond donors (Lipinski definition) is 1. The van der Waals surface area contributed by atoms with Crippen LogP contribution in [0, 0.1) is 11.3 Å². The molecular formula is C15H29NO5S. The van der Waals surface area contributed by atoms with Crippen molar-refractivity contribution in [3.05, 3.63) is 0 Å². The molecule has 0 aromatic heterocycles. The van der Waals surface area contributed by atoms with Crippen LogP contribution in [0.5, 0.6) is 0 Å². The number of carbonyl (C=O) groups is 2. The van der Waals surface area contributed by atoms with Gasteiger partial charge in [-0.25, -0.2) is 0 Å². The first-order chi connectivity index (χ1) is 10.3. The van der Waals surface area contributed by atoms with Gasteiger partial charge in [0.15, 0.2) is 0 Å². The number of nitrogens with two attached hydrogens (primary N) is 1. The highest BCUT2D eigenvalue weighted by molar-refractivity contribution is 7.99. The average molecular weight is 335 g/mol. The molecule has 22 heavy (non-hydrogen) atoms. The molecule has 0 radical (unpaired) electrons. The number of esters is 1. The smallest absolute Gasteiger partial charge is 0.311 e. The molecular weight excluding hydrogens is 306 g/mol. The van der Waals surface area contributed by atoms with E-state index >= 15 is 0 Å². The molecule has 7 heteroatoms. The van der Waals surface area contributed by atoms with Crippen LogP contribution in [-0.2, 0) is 23.8 Å². The van der Waals surface area contributed by atoms with E-state index in [1.807, 2.05) is 20.8 Å². The lowest BCUT2D eigenvalue weighted by Gasteiger charge is -2.20. The van der Waals surface area contributed by atoms with Crippen molar-refractivity contribution in [3.63, 3.8) is 0 Å². The van der Waals surface area contributed by atoms with Crippen LogP contribution in [0.1, 0.15) is 34.1 Å². The van der Waals surface area contributed by atoms with E-state index in [2.05, 4.69) is 0 Å². The molecule has 6 nitrogen and oxygen atoms in total. The Bertz CT molecular complexity index is 336. The quantitative estimate of drug-likeness (QED) is 0.314. The molecule has 0 aliphatic heterocycles. The topological polar surface area (TPSA) is 87.8 Å². The van der Waals surface area contributed by atoms with Crippen LogP contribution in [0.4, 0.5) is 0 Å². The molecule has 0 aromatic carbocycles. The van der Waals surface area contributed by atoms with E-state index in [0.717, 1.165) is 12.2 Å². The van der Waals surface area contributed by atoms with E-state index in [4.69, 9.17) is 19.9 Å². The third-order valence-electron chi connectivity index (χ3n) is 3.29. The number of thioether (sulfide) groups is 1. The molecule has 1 atom stereocenters. The molecule has 0 aliphatic carbocycles. The van der Waals surface area contributed by atoms with Crippen LogP contribution in [0.3, 0.4) is 0 Å². The van der Waals surface area contributed by atoms with Gasteiger partial charge < -0.3 is 19.9 Å². The Morgan fingerprint density at radius 1 is 1.18 bits per heavy atom. The predicted octanol–water partition coefficient (Wildman–Crippen LogP) is 1.81. The van der Waals surface area contributed by atoms with Crippen molar-refractivity contribution in [2.24, 2.45) is 17.1 Å². The van der Waals surface area contributed by atoms with E-state index in [9.17, 15) is 9.59 Å². The summed E-state index contributed by atoms with van der Waals surface area (Å²) in [5.41, 5.74) is 4.71. The van der Waals surface area contributed by atoms with Crippen molar-refractivity contribution < 1.29 is 23.8 Å². The largest absolute Gasteiger partial charge is 0.463 e. The van der Waals surface area contributed by atoms with Gasteiger partial charge in [-0.2, -0.15) is 11.8 Å². The van der Waals surface area contributed by atoms with Crippen LogP contribution in [0.15, 0.2) is 0 Å². The zero-order valence-electron chi connectivity index (χ0n) is 14.1. The van der Waals surface area contributed by atoms with Crippen molar-refractivity contribution in [2.45, 2.75) is 34.1 Å². The average Bonchev–Trinajstić information content (AvgIpc) is 2.48. The number of amides is 1. The Balaban J connectivity index is 3.38. The number of rotatable bonds is 13. The fourth-order valence-corrected chi connectivity index (χ4v) is 2.09. The standard InChI is InChI=1S/C15H29NO5S/c1-5-15(3,4)14(18)21-7-6-19-11-20-8-9-22-10-12(2)13(16)17/h12H,5-11H2,1-4H3,(H2,16,17). The Hall–Kier alpha value is -0.790. The summed E-state index contributed by atoms with van der Waals surface area (Å²) in [6, 6.07) is 0. The molecule has 130 valence electrons. The Morgan fingerprint density at radius 3 is 2.41 bits per heavy atom. The molecule has 0 saturated heterocycles. The molecule has 0 fully saturated rings. The van der Waals surface area contributed by atoms with Crippen LogP contribution in [0.25, 0.3) is 0 Å². The number of hydrogen-bond acceptors (Lipinski definition) is 6. The van der Waals surface area contributed by atoms with Crippen molar-refractivity contribution in [1.29, 1.82) is 0 Å². The first-order valence-electron chi connectivity index (χ1n) is 7.51. The zero-order chi connectivity index (χ0) is 17.0. The third-order valence-corrected chi connectivity index (χ3v) is 4.48. The molecule has 0 aromatic rings. The second-order valence-corrected chi connectivity index (χ2v) is 6.84. The molecule has 0 heterocycles. The van der Waals surface area contributed by atoms with E-state index in [-0.39, 0.29) is 31.2 Å². The van der Waals surface area contributed by atoms with Crippen LogP contribution < -0.4 is 5.73 Å². The highest BCUT2D eigenvalue weighted by Crippen LogP contribution is 2.21. The van der Waals surface area contributed by atoms with E-state index in [0.29, 0.717) is 19.0 Å². The molecule has 1 amide bonds. The SMILES string of the molecule is CCC(C)(C)C(=O)OCCOCOCCSCC(C)C(N)=O. The second-order valence-electron chi connectivity index (χ2n) is 5.69. The van der Waals surface area contributed by atoms with Crippen molar-refractivity contribution in [2.75, 3.05) is 38.1 Å². The van der Waals surface area contributed by atoms with Crippen molar-refractivity contribution in [3.8, 4) is 0 Å². The summed E-state index contributed by atoms with van der Waals surface area (Å²) in [5, 5.41) is 0. The maximum absolute atomic E-state index is 11.7. The zero-order valence-corrected chi connectivity index (χ0v) is 14.9. The molecule has 1 unspecified atom stereocenters. The summed E-state index contributed by atoms with van der Waals surface area (Å²) in [7, 11) is 0. The fourth-order valence-electron chi connectivity index (χ4n) is 1.17. The minimum absolute atomic E-state index is 0.122. The summed E-state index contributed by atoms with van der Waals surface area (Å²) in [4.78, 5) is 22.5. The Kier molecular flexibility index (Phi) is 11.3. The van der Waals surface area contributed by atoms with Gasteiger partial charge in [0.2, 0.25) is 5.91 Å². The maximum atomic E-state index is 11.7. The summed E-state index contributed by atoms with van der Waals surface area (Å²) >= 11 is 1.62. The molecule has 2 N–H and O–H groups in total. The van der Waals surface area contributed by atoms with Gasteiger partial charge >= 0.3 is 5.97 Å². The first-order valence-corrected chi connectivity index (χ1v) is 8.66. The lowest BCUT2D eigenvalue weighted by molar-refractivity contribution is -0.157. The van der Waals surface area contributed by atoms with Gasteiger partial charge in [-0.05, 0) is 20.3 Å². The van der Waals surface area contributed by atoms with Crippen molar-refractivity contribution >= 4 is 23.6 Å². The van der Waals surface area contributed by atoms with E-state index < -0.39 is 5.41 Å². The minimum atomic E-state index is -0.449. The van der Waals surface area contributed by atoms with Crippen LogP contribution in [-0.4, -0.2) is 50.0 Å². The van der Waals surface area contributed by atoms with Gasteiger partial charge in [-0.15, -0.1) is 0 Å². The van der Waals surface area contributed by atoms with E-state index in [1.165, 1.54) is 0 Å². The second kappa shape index (κ2) is 11.7. The third kappa shape index (κ3) is 10.0. The summed E-state index contributed by atoms with van der Waals surface area (Å²) in [5.74, 6) is 0.865. The molecule has 0 bridgehead atoms. The van der Waals surface area contributed by atoms with Crippen LogP contribution in [0.2, 0.25) is 0 Å². The monoisotopic (exact) mass is 335 g/mol. The number of ether oxygens (including phenoxy) is 3. The normalized spacial score (nSPS) is 12.9. The lowest BCUT2D eigenvalue weighted by atomic mass is 9.91. The Labute approximate surface area is 137 Å². The minimum Gasteiger partial charge on any atom is -0.463 e. The molecule has 0 spiro atoms. The number of primary amides is 1. The molecule has 0 aliphatic rings. The van der Waals surface area contributed by atoms with Gasteiger partial charge in [0.1, 0.15) is 13.4 Å². The van der Waals surface area contributed by atoms with Gasteiger partial charge in [0, 0.05) is 17.4 Å². The molecule has 0 saturated carbocycles. The lowest BCUT2D eigenvalue weighted by Crippen LogP contribution is -2.27.